The number of phenolic OH excluding ortho intramolecular Hbond substituents is 1. The Morgan fingerprint density at radius 1 is 1.05 bits per heavy atom. The highest BCUT2D eigenvalue weighted by Gasteiger charge is 2.18. The lowest BCUT2D eigenvalue weighted by Gasteiger charge is -2.35. The van der Waals surface area contributed by atoms with Crippen LogP contribution >= 0.6 is 0 Å². The van der Waals surface area contributed by atoms with Gasteiger partial charge in [0.15, 0.2) is 0 Å². The number of nitrogens with zero attached hydrogens (tertiary/aromatic N) is 2. The van der Waals surface area contributed by atoms with Crippen LogP contribution in [0.5, 0.6) is 5.75 Å². The Labute approximate surface area is 124 Å². The molecular weight excluding hydrogens is 248 g/mol. The molecule has 1 N–H and O–H groups in total. The maximum atomic E-state index is 9.30. The van der Waals surface area contributed by atoms with Crippen molar-refractivity contribution in [1.82, 2.24) is 9.80 Å². The minimum absolute atomic E-state index is 0.344. The first-order valence-corrected chi connectivity index (χ1v) is 7.62. The van der Waals surface area contributed by atoms with Crippen LogP contribution in [-0.2, 0) is 6.42 Å². The number of hydrogen-bond donors (Lipinski definition) is 1. The zero-order chi connectivity index (χ0) is 15.1. The number of aromatic hydroxyl groups is 1. The van der Waals surface area contributed by atoms with Crippen LogP contribution in [0.1, 0.15) is 32.8 Å². The van der Waals surface area contributed by atoms with Crippen LogP contribution in [0.4, 0.5) is 0 Å². The van der Waals surface area contributed by atoms with Crippen molar-refractivity contribution in [2.45, 2.75) is 45.7 Å². The summed E-state index contributed by atoms with van der Waals surface area (Å²) in [4.78, 5) is 4.82. The second-order valence-corrected chi connectivity index (χ2v) is 6.00. The molecule has 0 aliphatic rings. The van der Waals surface area contributed by atoms with Crippen LogP contribution in [-0.4, -0.2) is 54.2 Å². The Balaban J connectivity index is 2.50. The summed E-state index contributed by atoms with van der Waals surface area (Å²) in [6, 6.07) is 8.72. The molecule has 20 heavy (non-hydrogen) atoms. The fraction of sp³-hybridized carbons (Fsp3) is 0.647. The number of rotatable bonds is 8. The van der Waals surface area contributed by atoms with Gasteiger partial charge in [-0.2, -0.15) is 0 Å². The van der Waals surface area contributed by atoms with Gasteiger partial charge in [0.2, 0.25) is 0 Å². The number of phenols is 1. The molecule has 0 aliphatic carbocycles. The van der Waals surface area contributed by atoms with E-state index < -0.39 is 0 Å². The predicted molar refractivity (Wildman–Crippen MR) is 86.3 cm³/mol. The van der Waals surface area contributed by atoms with Gasteiger partial charge >= 0.3 is 0 Å². The lowest BCUT2D eigenvalue weighted by molar-refractivity contribution is 0.131. The number of aryl methyl sites for hydroxylation is 1. The van der Waals surface area contributed by atoms with Crippen LogP contribution in [0.3, 0.4) is 0 Å². The molecule has 0 saturated carbocycles. The molecule has 2 unspecified atom stereocenters. The minimum Gasteiger partial charge on any atom is -0.508 e. The Kier molecular flexibility index (Phi) is 7.03. The molecule has 0 amide bonds. The lowest BCUT2D eigenvalue weighted by Crippen LogP contribution is -2.45. The molecule has 0 heterocycles. The molecule has 0 bridgehead atoms. The molecule has 1 rings (SSSR count). The molecule has 3 nitrogen and oxygen atoms in total. The van der Waals surface area contributed by atoms with E-state index in [0.717, 1.165) is 25.9 Å². The smallest absolute Gasteiger partial charge is 0.115 e. The lowest BCUT2D eigenvalue weighted by atomic mass is 10.0. The van der Waals surface area contributed by atoms with E-state index in [0.29, 0.717) is 17.8 Å². The van der Waals surface area contributed by atoms with Crippen LogP contribution in [0, 0.1) is 0 Å². The third kappa shape index (κ3) is 5.51. The molecule has 114 valence electrons. The van der Waals surface area contributed by atoms with Crippen LogP contribution in [0.25, 0.3) is 0 Å². The second-order valence-electron chi connectivity index (χ2n) is 6.00. The van der Waals surface area contributed by atoms with E-state index in [2.05, 4.69) is 44.7 Å². The molecule has 0 aliphatic heterocycles. The summed E-state index contributed by atoms with van der Waals surface area (Å²) in [6.07, 6.45) is 2.21. The number of likely N-dealkylation sites (N-methyl/N-ethyl adjacent to an activating group) is 2. The summed E-state index contributed by atoms with van der Waals surface area (Å²) < 4.78 is 0. The largest absolute Gasteiger partial charge is 0.508 e. The molecule has 0 aromatic heterocycles. The van der Waals surface area contributed by atoms with E-state index in [1.165, 1.54) is 5.56 Å². The summed E-state index contributed by atoms with van der Waals surface area (Å²) in [5.41, 5.74) is 1.30. The Bertz CT molecular complexity index is 375. The maximum absolute atomic E-state index is 9.30. The highest BCUT2D eigenvalue weighted by molar-refractivity contribution is 5.25. The van der Waals surface area contributed by atoms with Gasteiger partial charge in [-0.15, -0.1) is 0 Å². The van der Waals surface area contributed by atoms with Crippen molar-refractivity contribution >= 4 is 0 Å². The standard InChI is InChI=1S/C17H30N2O/c1-6-19(15(3)13-18(4)5)14(2)7-8-16-9-11-17(20)12-10-16/h9-12,14-15,20H,6-8,13H2,1-5H3. The van der Waals surface area contributed by atoms with Gasteiger partial charge in [-0.3, -0.25) is 4.90 Å². The Morgan fingerprint density at radius 2 is 1.65 bits per heavy atom. The quantitative estimate of drug-likeness (QED) is 0.792. The second kappa shape index (κ2) is 8.28. The van der Waals surface area contributed by atoms with E-state index in [1.54, 1.807) is 12.1 Å². The summed E-state index contributed by atoms with van der Waals surface area (Å²) in [5, 5.41) is 9.30. The SMILES string of the molecule is CCN(C(C)CCc1ccc(O)cc1)C(C)CN(C)C. The highest BCUT2D eigenvalue weighted by Crippen LogP contribution is 2.15. The topological polar surface area (TPSA) is 26.7 Å². The molecular formula is C17H30N2O. The monoisotopic (exact) mass is 278 g/mol. The van der Waals surface area contributed by atoms with Crippen LogP contribution in [0.2, 0.25) is 0 Å². The van der Waals surface area contributed by atoms with Crippen LogP contribution < -0.4 is 0 Å². The fourth-order valence-electron chi connectivity index (χ4n) is 2.90. The van der Waals surface area contributed by atoms with Gasteiger partial charge in [0.1, 0.15) is 5.75 Å². The Morgan fingerprint density at radius 3 is 2.15 bits per heavy atom. The van der Waals surface area contributed by atoms with Gasteiger partial charge in [-0.1, -0.05) is 19.1 Å². The molecule has 0 fully saturated rings. The summed E-state index contributed by atoms with van der Waals surface area (Å²) in [7, 11) is 4.26. The van der Waals surface area contributed by atoms with Crippen molar-refractivity contribution in [2.75, 3.05) is 27.2 Å². The zero-order valence-corrected chi connectivity index (χ0v) is 13.6. The number of hydrogen-bond acceptors (Lipinski definition) is 3. The normalized spacial score (nSPS) is 14.8. The average Bonchev–Trinajstić information content (AvgIpc) is 2.38. The molecule has 1 aromatic rings. The molecule has 0 spiro atoms. The van der Waals surface area contributed by atoms with E-state index in [1.807, 2.05) is 12.1 Å². The third-order valence-electron chi connectivity index (χ3n) is 3.91. The molecule has 1 aromatic carbocycles. The van der Waals surface area contributed by atoms with Crippen molar-refractivity contribution in [1.29, 1.82) is 0 Å². The zero-order valence-electron chi connectivity index (χ0n) is 13.6. The molecule has 0 radical (unpaired) electrons. The molecule has 3 heteroatoms. The van der Waals surface area contributed by atoms with Crippen molar-refractivity contribution in [3.05, 3.63) is 29.8 Å². The van der Waals surface area contributed by atoms with E-state index in [4.69, 9.17) is 0 Å². The minimum atomic E-state index is 0.344. The van der Waals surface area contributed by atoms with Gasteiger partial charge < -0.3 is 10.0 Å². The first-order chi connectivity index (χ1) is 9.43. The summed E-state index contributed by atoms with van der Waals surface area (Å²) in [5.74, 6) is 0.344. The summed E-state index contributed by atoms with van der Waals surface area (Å²) in [6.45, 7) is 9.04. The van der Waals surface area contributed by atoms with Crippen molar-refractivity contribution in [3.8, 4) is 5.75 Å². The third-order valence-corrected chi connectivity index (χ3v) is 3.91. The van der Waals surface area contributed by atoms with E-state index in [9.17, 15) is 5.11 Å². The molecule has 0 saturated heterocycles. The van der Waals surface area contributed by atoms with Crippen molar-refractivity contribution in [2.24, 2.45) is 0 Å². The predicted octanol–water partition coefficient (Wildman–Crippen LogP) is 2.99. The first-order valence-electron chi connectivity index (χ1n) is 7.62. The molecule has 2 atom stereocenters. The van der Waals surface area contributed by atoms with Gasteiger partial charge in [-0.25, -0.2) is 0 Å². The maximum Gasteiger partial charge on any atom is 0.115 e. The van der Waals surface area contributed by atoms with E-state index in [-0.39, 0.29) is 0 Å². The first kappa shape index (κ1) is 17.0. The van der Waals surface area contributed by atoms with Gasteiger partial charge in [0.05, 0.1) is 0 Å². The van der Waals surface area contributed by atoms with Gasteiger partial charge in [-0.05, 0) is 65.0 Å². The van der Waals surface area contributed by atoms with Crippen LogP contribution in [0.15, 0.2) is 24.3 Å². The van der Waals surface area contributed by atoms with Crippen molar-refractivity contribution < 1.29 is 5.11 Å². The highest BCUT2D eigenvalue weighted by atomic mass is 16.3. The van der Waals surface area contributed by atoms with E-state index >= 15 is 0 Å². The number of benzene rings is 1. The Hall–Kier alpha value is -1.06. The van der Waals surface area contributed by atoms with Gasteiger partial charge in [0, 0.05) is 18.6 Å². The van der Waals surface area contributed by atoms with Crippen molar-refractivity contribution in [3.63, 3.8) is 0 Å². The van der Waals surface area contributed by atoms with Gasteiger partial charge in [0.25, 0.3) is 0 Å². The fourth-order valence-corrected chi connectivity index (χ4v) is 2.90. The average molecular weight is 278 g/mol. The summed E-state index contributed by atoms with van der Waals surface area (Å²) >= 11 is 0.